The van der Waals surface area contributed by atoms with Crippen molar-refractivity contribution >= 4 is 35.3 Å². The Morgan fingerprint density at radius 2 is 1.75 bits per heavy atom. The van der Waals surface area contributed by atoms with Gasteiger partial charge in [0.05, 0.1) is 13.3 Å². The normalized spacial score (nSPS) is 10.6. The van der Waals surface area contributed by atoms with Gasteiger partial charge in [0.1, 0.15) is 6.61 Å². The lowest BCUT2D eigenvalue weighted by atomic mass is 10.2. The number of carbonyl (C=O) groups is 2. The van der Waals surface area contributed by atoms with E-state index in [1.54, 1.807) is 36.4 Å². The molecular weight excluding hydrogens is 430 g/mol. The number of nitrogens with zero attached hydrogens (tertiary/aromatic N) is 1. The smallest absolute Gasteiger partial charge is 0.329 e. The molecule has 3 rings (SSSR count). The summed E-state index contributed by atoms with van der Waals surface area (Å²) in [5.74, 6) is -0.670. The zero-order chi connectivity index (χ0) is 22.9. The summed E-state index contributed by atoms with van der Waals surface area (Å²) in [4.78, 5) is 23.9. The largest absolute Gasteiger partial charge is 0.493 e. The second kappa shape index (κ2) is 11.0. The summed E-state index contributed by atoms with van der Waals surface area (Å²) < 4.78 is 11.2. The van der Waals surface area contributed by atoms with Crippen LogP contribution in [0.2, 0.25) is 5.02 Å². The number of halogens is 1. The molecule has 2 N–H and O–H groups in total. The third kappa shape index (κ3) is 6.33. The molecule has 0 saturated carbocycles. The highest BCUT2D eigenvalue weighted by atomic mass is 35.5. The predicted octanol–water partition coefficient (Wildman–Crippen LogP) is 4.32. The second-order valence-corrected chi connectivity index (χ2v) is 7.22. The van der Waals surface area contributed by atoms with E-state index in [-0.39, 0.29) is 6.61 Å². The van der Waals surface area contributed by atoms with Gasteiger partial charge in [-0.3, -0.25) is 9.59 Å². The topological polar surface area (TPSA) is 89.0 Å². The highest BCUT2D eigenvalue weighted by molar-refractivity contribution is 6.39. The molecule has 3 aromatic carbocycles. The van der Waals surface area contributed by atoms with Gasteiger partial charge in [-0.15, -0.1) is 0 Å². The Labute approximate surface area is 191 Å². The number of rotatable bonds is 7. The molecule has 0 spiro atoms. The van der Waals surface area contributed by atoms with Crippen molar-refractivity contribution in [2.45, 2.75) is 13.5 Å². The highest BCUT2D eigenvalue weighted by Crippen LogP contribution is 2.29. The number of hydrogen-bond donors (Lipinski definition) is 2. The molecule has 0 fully saturated rings. The average molecular weight is 452 g/mol. The molecule has 7 nitrogen and oxygen atoms in total. The fourth-order valence-corrected chi connectivity index (χ4v) is 2.89. The first-order chi connectivity index (χ1) is 15.5. The van der Waals surface area contributed by atoms with E-state index in [9.17, 15) is 9.59 Å². The Balaban J connectivity index is 1.57. The first-order valence-corrected chi connectivity index (χ1v) is 10.1. The van der Waals surface area contributed by atoms with Crippen molar-refractivity contribution < 1.29 is 19.1 Å². The van der Waals surface area contributed by atoms with Gasteiger partial charge in [0, 0.05) is 16.3 Å². The van der Waals surface area contributed by atoms with E-state index in [4.69, 9.17) is 21.1 Å². The molecule has 0 unspecified atom stereocenters. The van der Waals surface area contributed by atoms with Crippen molar-refractivity contribution in [2.75, 3.05) is 12.4 Å². The van der Waals surface area contributed by atoms with Crippen LogP contribution >= 0.6 is 11.6 Å². The molecule has 0 atom stereocenters. The first kappa shape index (κ1) is 22.8. The predicted molar refractivity (Wildman–Crippen MR) is 124 cm³/mol. The standard InChI is InChI=1S/C24H22ClN3O4/c1-16-7-10-19(11-8-16)27-23(29)24(30)28-26-14-17-9-12-21(22(13-17)31-2)32-15-18-5-3-4-6-20(18)25/h3-14H,15H2,1-2H3,(H,27,29)(H,28,30). The third-order valence-electron chi connectivity index (χ3n) is 4.42. The molecule has 0 radical (unpaired) electrons. The molecule has 8 heteroatoms. The summed E-state index contributed by atoms with van der Waals surface area (Å²) in [6.45, 7) is 2.22. The van der Waals surface area contributed by atoms with E-state index in [0.29, 0.717) is 27.8 Å². The molecule has 0 aromatic heterocycles. The van der Waals surface area contributed by atoms with Crippen LogP contribution in [0.25, 0.3) is 0 Å². The summed E-state index contributed by atoms with van der Waals surface area (Å²) >= 11 is 6.15. The number of nitrogens with one attached hydrogen (secondary N) is 2. The van der Waals surface area contributed by atoms with Crippen molar-refractivity contribution in [3.63, 3.8) is 0 Å². The van der Waals surface area contributed by atoms with E-state index in [1.807, 2.05) is 37.3 Å². The second-order valence-electron chi connectivity index (χ2n) is 6.81. The SMILES string of the molecule is COc1cc(C=NNC(=O)C(=O)Nc2ccc(C)cc2)ccc1OCc1ccccc1Cl. The molecule has 0 bridgehead atoms. The van der Waals surface area contributed by atoms with Crippen molar-refractivity contribution in [1.82, 2.24) is 5.43 Å². The van der Waals surface area contributed by atoms with Gasteiger partial charge in [-0.05, 0) is 48.9 Å². The lowest BCUT2D eigenvalue weighted by Crippen LogP contribution is -2.32. The maximum Gasteiger partial charge on any atom is 0.329 e. The molecule has 3 aromatic rings. The minimum absolute atomic E-state index is 0.287. The monoisotopic (exact) mass is 451 g/mol. The van der Waals surface area contributed by atoms with Gasteiger partial charge in [-0.25, -0.2) is 5.43 Å². The number of benzene rings is 3. The maximum absolute atomic E-state index is 12.0. The fraction of sp³-hybridized carbons (Fsp3) is 0.125. The van der Waals surface area contributed by atoms with E-state index >= 15 is 0 Å². The van der Waals surface area contributed by atoms with Gasteiger partial charge in [0.15, 0.2) is 11.5 Å². The van der Waals surface area contributed by atoms with Crippen molar-refractivity contribution in [1.29, 1.82) is 0 Å². The number of hydrogen-bond acceptors (Lipinski definition) is 5. The van der Waals surface area contributed by atoms with Crippen LogP contribution in [0.5, 0.6) is 11.5 Å². The van der Waals surface area contributed by atoms with Gasteiger partial charge in [-0.1, -0.05) is 47.5 Å². The molecule has 0 aliphatic carbocycles. The van der Waals surface area contributed by atoms with Gasteiger partial charge in [0.2, 0.25) is 0 Å². The van der Waals surface area contributed by atoms with E-state index in [0.717, 1.165) is 11.1 Å². The molecular formula is C24H22ClN3O4. The molecule has 0 aliphatic rings. The van der Waals surface area contributed by atoms with Crippen molar-refractivity contribution in [2.24, 2.45) is 5.10 Å². The molecule has 0 saturated heterocycles. The fourth-order valence-electron chi connectivity index (χ4n) is 2.70. The number of ether oxygens (including phenoxy) is 2. The lowest BCUT2D eigenvalue weighted by Gasteiger charge is -2.12. The Morgan fingerprint density at radius 1 is 1.00 bits per heavy atom. The number of aryl methyl sites for hydroxylation is 1. The Morgan fingerprint density at radius 3 is 2.47 bits per heavy atom. The van der Waals surface area contributed by atoms with Crippen LogP contribution in [-0.2, 0) is 16.2 Å². The third-order valence-corrected chi connectivity index (χ3v) is 4.79. The maximum atomic E-state index is 12.0. The number of anilines is 1. The zero-order valence-corrected chi connectivity index (χ0v) is 18.3. The Kier molecular flexibility index (Phi) is 7.83. The van der Waals surface area contributed by atoms with Crippen LogP contribution in [0.15, 0.2) is 71.8 Å². The molecule has 2 amide bonds. The van der Waals surface area contributed by atoms with Crippen molar-refractivity contribution in [3.05, 3.63) is 88.4 Å². The lowest BCUT2D eigenvalue weighted by molar-refractivity contribution is -0.136. The number of methoxy groups -OCH3 is 1. The average Bonchev–Trinajstić information content (AvgIpc) is 2.80. The molecule has 164 valence electrons. The number of carbonyl (C=O) groups excluding carboxylic acids is 2. The van der Waals surface area contributed by atoms with Gasteiger partial charge >= 0.3 is 11.8 Å². The quantitative estimate of drug-likeness (QED) is 0.318. The Hall–Kier alpha value is -3.84. The van der Waals surface area contributed by atoms with E-state index in [2.05, 4.69) is 15.8 Å². The first-order valence-electron chi connectivity index (χ1n) is 9.71. The number of hydrazone groups is 1. The van der Waals surface area contributed by atoms with Crippen LogP contribution in [0, 0.1) is 6.92 Å². The van der Waals surface area contributed by atoms with E-state index < -0.39 is 11.8 Å². The summed E-state index contributed by atoms with van der Waals surface area (Å²) in [5.41, 5.74) is 5.27. The van der Waals surface area contributed by atoms with Gasteiger partial charge in [-0.2, -0.15) is 5.10 Å². The molecule has 32 heavy (non-hydrogen) atoms. The Bertz CT molecular complexity index is 1130. The van der Waals surface area contributed by atoms with Crippen LogP contribution in [0.3, 0.4) is 0 Å². The molecule has 0 heterocycles. The van der Waals surface area contributed by atoms with Crippen LogP contribution in [-0.4, -0.2) is 25.1 Å². The van der Waals surface area contributed by atoms with Gasteiger partial charge in [0.25, 0.3) is 0 Å². The summed E-state index contributed by atoms with van der Waals surface area (Å²) in [6.07, 6.45) is 1.40. The van der Waals surface area contributed by atoms with Crippen LogP contribution in [0.1, 0.15) is 16.7 Å². The highest BCUT2D eigenvalue weighted by Gasteiger charge is 2.13. The summed E-state index contributed by atoms with van der Waals surface area (Å²) in [5, 5.41) is 6.96. The van der Waals surface area contributed by atoms with E-state index in [1.165, 1.54) is 13.3 Å². The van der Waals surface area contributed by atoms with Gasteiger partial charge < -0.3 is 14.8 Å². The zero-order valence-electron chi connectivity index (χ0n) is 17.6. The van der Waals surface area contributed by atoms with Crippen LogP contribution in [0.4, 0.5) is 5.69 Å². The molecule has 0 aliphatic heterocycles. The minimum Gasteiger partial charge on any atom is -0.493 e. The van der Waals surface area contributed by atoms with Crippen molar-refractivity contribution in [3.8, 4) is 11.5 Å². The van der Waals surface area contributed by atoms with Crippen LogP contribution < -0.4 is 20.2 Å². The number of amides is 2. The minimum atomic E-state index is -0.881. The summed E-state index contributed by atoms with van der Waals surface area (Å²) in [7, 11) is 1.52. The summed E-state index contributed by atoms with van der Waals surface area (Å²) in [6, 6.07) is 19.7.